The molecule has 0 aromatic heterocycles. The van der Waals surface area contributed by atoms with Gasteiger partial charge >= 0.3 is 0 Å². The number of halogens is 1. The fourth-order valence-corrected chi connectivity index (χ4v) is 2.12. The quantitative estimate of drug-likeness (QED) is 0.489. The molecule has 0 aromatic carbocycles. The molecule has 2 atom stereocenters. The van der Waals surface area contributed by atoms with Gasteiger partial charge in [0.05, 0.1) is 11.4 Å². The van der Waals surface area contributed by atoms with E-state index in [1.165, 1.54) is 0 Å². The van der Waals surface area contributed by atoms with Crippen molar-refractivity contribution in [1.82, 2.24) is 10.2 Å². The lowest BCUT2D eigenvalue weighted by Crippen LogP contribution is -2.65. The Labute approximate surface area is 78.4 Å². The first kappa shape index (κ1) is 8.04. The molecule has 0 saturated carbocycles. The zero-order valence-corrected chi connectivity index (χ0v) is 8.00. The van der Waals surface area contributed by atoms with Gasteiger partial charge in [-0.1, -0.05) is 15.9 Å². The molecule has 0 radical (unpaired) electrons. The van der Waals surface area contributed by atoms with E-state index in [4.69, 9.17) is 0 Å². The molecular weight excluding hydrogens is 224 g/mol. The van der Waals surface area contributed by atoms with Crippen molar-refractivity contribution in [2.75, 3.05) is 11.9 Å². The molecule has 66 valence electrons. The third-order valence-corrected chi connectivity index (χ3v) is 2.91. The fourth-order valence-electron chi connectivity index (χ4n) is 1.80. The van der Waals surface area contributed by atoms with Crippen LogP contribution in [-0.2, 0) is 9.59 Å². The van der Waals surface area contributed by atoms with E-state index in [1.807, 2.05) is 0 Å². The molecule has 0 aliphatic carbocycles. The van der Waals surface area contributed by atoms with Crippen LogP contribution in [0, 0.1) is 0 Å². The van der Waals surface area contributed by atoms with Crippen molar-refractivity contribution in [3.8, 4) is 0 Å². The molecule has 0 unspecified atom stereocenters. The van der Waals surface area contributed by atoms with Crippen molar-refractivity contribution < 1.29 is 9.59 Å². The Morgan fingerprint density at radius 2 is 2.50 bits per heavy atom. The van der Waals surface area contributed by atoms with E-state index in [2.05, 4.69) is 21.2 Å². The van der Waals surface area contributed by atoms with Crippen molar-refractivity contribution in [1.29, 1.82) is 0 Å². The molecule has 1 N–H and O–H groups in total. The Morgan fingerprint density at radius 3 is 3.08 bits per heavy atom. The molecule has 2 amide bonds. The maximum atomic E-state index is 11.2. The van der Waals surface area contributed by atoms with Crippen LogP contribution < -0.4 is 5.32 Å². The maximum absolute atomic E-state index is 11.2. The number of alkyl halides is 1. The standard InChI is InChI=1S/C7H9BrN2O2/c8-3-5(11)10-2-1-4-6(10)7(12)9-4/h4,6H,1-3H2,(H,9,12)/t4-,6+/m1/s1. The van der Waals surface area contributed by atoms with Crippen molar-refractivity contribution in [2.45, 2.75) is 18.5 Å². The third-order valence-electron chi connectivity index (χ3n) is 2.43. The highest BCUT2D eigenvalue weighted by atomic mass is 79.9. The minimum absolute atomic E-state index is 0.00759. The van der Waals surface area contributed by atoms with Crippen LogP contribution in [0.25, 0.3) is 0 Å². The van der Waals surface area contributed by atoms with Gasteiger partial charge in [0.2, 0.25) is 11.8 Å². The van der Waals surface area contributed by atoms with E-state index < -0.39 is 0 Å². The molecule has 0 bridgehead atoms. The Hall–Kier alpha value is -0.580. The van der Waals surface area contributed by atoms with Gasteiger partial charge in [0, 0.05) is 6.54 Å². The molecule has 2 rings (SSSR count). The zero-order valence-electron chi connectivity index (χ0n) is 6.42. The number of β-lactam (4-membered cyclic amide) rings is 1. The second-order valence-electron chi connectivity index (χ2n) is 3.07. The van der Waals surface area contributed by atoms with Gasteiger partial charge in [-0.25, -0.2) is 0 Å². The fraction of sp³-hybridized carbons (Fsp3) is 0.714. The van der Waals surface area contributed by atoms with Crippen LogP contribution in [0.15, 0.2) is 0 Å². The van der Waals surface area contributed by atoms with Crippen molar-refractivity contribution >= 4 is 27.7 Å². The van der Waals surface area contributed by atoms with Gasteiger partial charge in [0.1, 0.15) is 6.04 Å². The summed E-state index contributed by atoms with van der Waals surface area (Å²) in [6, 6.07) is 0.0514. The first-order valence-corrected chi connectivity index (χ1v) is 5.02. The summed E-state index contributed by atoms with van der Waals surface area (Å²) in [7, 11) is 0. The highest BCUT2D eigenvalue weighted by molar-refractivity contribution is 9.09. The number of rotatable bonds is 1. The number of hydrogen-bond acceptors (Lipinski definition) is 2. The minimum atomic E-state index is -0.171. The number of hydrogen-bond donors (Lipinski definition) is 1. The highest BCUT2D eigenvalue weighted by Gasteiger charge is 2.49. The second kappa shape index (κ2) is 2.73. The highest BCUT2D eigenvalue weighted by Crippen LogP contribution is 2.25. The molecule has 2 saturated heterocycles. The molecular formula is C7H9BrN2O2. The third kappa shape index (κ3) is 0.957. The van der Waals surface area contributed by atoms with Crippen molar-refractivity contribution in [3.05, 3.63) is 0 Å². The Kier molecular flexibility index (Phi) is 1.83. The summed E-state index contributed by atoms with van der Waals surface area (Å²) in [4.78, 5) is 23.9. The van der Waals surface area contributed by atoms with Crippen LogP contribution in [0.5, 0.6) is 0 Å². The normalized spacial score (nSPS) is 32.4. The van der Waals surface area contributed by atoms with Gasteiger partial charge in [-0.2, -0.15) is 0 Å². The molecule has 0 aromatic rings. The lowest BCUT2D eigenvalue weighted by atomic mass is 10.0. The lowest BCUT2D eigenvalue weighted by Gasteiger charge is -2.35. The summed E-state index contributed by atoms with van der Waals surface area (Å²) < 4.78 is 0. The van der Waals surface area contributed by atoms with E-state index in [-0.39, 0.29) is 23.9 Å². The number of nitrogens with zero attached hydrogens (tertiary/aromatic N) is 1. The van der Waals surface area contributed by atoms with Gasteiger partial charge in [-0.05, 0) is 6.42 Å². The largest absolute Gasteiger partial charge is 0.349 e. The van der Waals surface area contributed by atoms with E-state index in [9.17, 15) is 9.59 Å². The van der Waals surface area contributed by atoms with Crippen LogP contribution in [0.3, 0.4) is 0 Å². The first-order valence-electron chi connectivity index (χ1n) is 3.90. The summed E-state index contributed by atoms with van der Waals surface area (Å²) >= 11 is 3.09. The second-order valence-corrected chi connectivity index (χ2v) is 3.63. The van der Waals surface area contributed by atoms with Crippen LogP contribution in [-0.4, -0.2) is 40.7 Å². The molecule has 0 spiro atoms. The summed E-state index contributed by atoms with van der Waals surface area (Å²) in [6.45, 7) is 0.707. The van der Waals surface area contributed by atoms with Crippen LogP contribution in [0.4, 0.5) is 0 Å². The van der Waals surface area contributed by atoms with Crippen LogP contribution in [0.1, 0.15) is 6.42 Å². The smallest absolute Gasteiger partial charge is 0.245 e. The van der Waals surface area contributed by atoms with Gasteiger partial charge in [0.15, 0.2) is 0 Å². The molecule has 2 aliphatic rings. The maximum Gasteiger partial charge on any atom is 0.245 e. The topological polar surface area (TPSA) is 49.4 Å². The molecule has 2 fully saturated rings. The SMILES string of the molecule is O=C1N[C@@H]2CCN(C(=O)CBr)[C@H]12. The van der Waals surface area contributed by atoms with Gasteiger partial charge in [-0.3, -0.25) is 9.59 Å². The predicted molar refractivity (Wildman–Crippen MR) is 45.8 cm³/mol. The first-order chi connectivity index (χ1) is 5.74. The van der Waals surface area contributed by atoms with E-state index >= 15 is 0 Å². The number of likely N-dealkylation sites (tertiary alicyclic amines) is 1. The van der Waals surface area contributed by atoms with E-state index in [0.29, 0.717) is 11.9 Å². The van der Waals surface area contributed by atoms with Gasteiger partial charge < -0.3 is 10.2 Å². The summed E-state index contributed by atoms with van der Waals surface area (Å²) in [5, 5.41) is 3.07. The number of carbonyl (C=O) groups is 2. The van der Waals surface area contributed by atoms with Gasteiger partial charge in [-0.15, -0.1) is 0 Å². The lowest BCUT2D eigenvalue weighted by molar-refractivity contribution is -0.142. The molecule has 12 heavy (non-hydrogen) atoms. The Bertz CT molecular complexity index is 244. The summed E-state index contributed by atoms with van der Waals surface area (Å²) in [5.41, 5.74) is 0. The molecule has 4 nitrogen and oxygen atoms in total. The average molecular weight is 233 g/mol. The number of fused-ring (bicyclic) bond motifs is 1. The minimum Gasteiger partial charge on any atom is -0.349 e. The van der Waals surface area contributed by atoms with Crippen LogP contribution in [0.2, 0.25) is 0 Å². The summed E-state index contributed by atoms with van der Waals surface area (Å²) in [6.07, 6.45) is 0.898. The van der Waals surface area contributed by atoms with E-state index in [1.54, 1.807) is 4.90 Å². The van der Waals surface area contributed by atoms with Crippen LogP contribution >= 0.6 is 15.9 Å². The van der Waals surface area contributed by atoms with Gasteiger partial charge in [0.25, 0.3) is 0 Å². The summed E-state index contributed by atoms with van der Waals surface area (Å²) in [5.74, 6) is 0.00384. The van der Waals surface area contributed by atoms with Crippen molar-refractivity contribution in [2.24, 2.45) is 0 Å². The Morgan fingerprint density at radius 1 is 1.75 bits per heavy atom. The van der Waals surface area contributed by atoms with E-state index in [0.717, 1.165) is 6.42 Å². The predicted octanol–water partition coefficient (Wildman–Crippen LogP) is -0.519. The number of carbonyl (C=O) groups excluding carboxylic acids is 2. The number of nitrogens with one attached hydrogen (secondary N) is 1. The number of amides is 2. The average Bonchev–Trinajstić information content (AvgIpc) is 2.40. The zero-order chi connectivity index (χ0) is 8.72. The monoisotopic (exact) mass is 232 g/mol. The molecule has 2 aliphatic heterocycles. The molecule has 5 heteroatoms. The molecule has 2 heterocycles. The Balaban J connectivity index is 2.08. The van der Waals surface area contributed by atoms with Crippen molar-refractivity contribution in [3.63, 3.8) is 0 Å².